The molecular formula is C7H10F6. The second kappa shape index (κ2) is 4.72. The Kier molecular flexibility index (Phi) is 4.56. The molecule has 0 aliphatic heterocycles. The van der Waals surface area contributed by atoms with Crippen LogP contribution in [0, 0.1) is 0 Å². The molecule has 0 radical (unpaired) electrons. The first-order valence-electron chi connectivity index (χ1n) is 3.77. The van der Waals surface area contributed by atoms with Gasteiger partial charge >= 0.3 is 0 Å². The van der Waals surface area contributed by atoms with Gasteiger partial charge < -0.3 is 0 Å². The zero-order valence-electron chi connectivity index (χ0n) is 6.91. The first-order valence-corrected chi connectivity index (χ1v) is 3.77. The molecule has 0 aromatic carbocycles. The van der Waals surface area contributed by atoms with Crippen LogP contribution in [0.2, 0.25) is 0 Å². The minimum atomic E-state index is -4.01. The van der Waals surface area contributed by atoms with E-state index in [1.54, 1.807) is 0 Å². The lowest BCUT2D eigenvalue weighted by molar-refractivity contribution is -0.131. The van der Waals surface area contributed by atoms with Crippen molar-refractivity contribution in [2.45, 2.75) is 44.5 Å². The SMILES string of the molecule is CCCC(F)(F)[C@@H](F)C(F)C(F)F. The number of rotatable bonds is 5. The number of halogens is 6. The molecule has 0 rings (SSSR count). The average molecular weight is 208 g/mol. The highest BCUT2D eigenvalue weighted by Gasteiger charge is 2.47. The van der Waals surface area contributed by atoms with E-state index in [0.717, 1.165) is 0 Å². The van der Waals surface area contributed by atoms with Gasteiger partial charge in [0.05, 0.1) is 0 Å². The average Bonchev–Trinajstić information content (AvgIpc) is 2.01. The van der Waals surface area contributed by atoms with Gasteiger partial charge in [-0.2, -0.15) is 0 Å². The molecule has 0 spiro atoms. The predicted octanol–water partition coefficient (Wildman–Crippen LogP) is 3.36. The van der Waals surface area contributed by atoms with E-state index in [1.807, 2.05) is 0 Å². The summed E-state index contributed by atoms with van der Waals surface area (Å²) in [6.45, 7) is 1.33. The van der Waals surface area contributed by atoms with Gasteiger partial charge in [0, 0.05) is 6.42 Å². The Morgan fingerprint density at radius 2 is 1.54 bits per heavy atom. The molecule has 0 aromatic heterocycles. The lowest BCUT2D eigenvalue weighted by Gasteiger charge is -2.22. The fraction of sp³-hybridized carbons (Fsp3) is 1.00. The second-order valence-electron chi connectivity index (χ2n) is 2.69. The molecule has 0 fully saturated rings. The summed E-state index contributed by atoms with van der Waals surface area (Å²) in [4.78, 5) is 0. The van der Waals surface area contributed by atoms with Gasteiger partial charge in [0.15, 0.2) is 12.3 Å². The minimum absolute atomic E-state index is 0.0939. The maximum Gasteiger partial charge on any atom is 0.281 e. The van der Waals surface area contributed by atoms with Crippen LogP contribution in [0.25, 0.3) is 0 Å². The van der Waals surface area contributed by atoms with E-state index < -0.39 is 31.1 Å². The van der Waals surface area contributed by atoms with Crippen LogP contribution in [0.5, 0.6) is 0 Å². The maximum atomic E-state index is 12.5. The number of hydrogen-bond donors (Lipinski definition) is 0. The first-order chi connectivity index (χ1) is 5.83. The van der Waals surface area contributed by atoms with Crippen molar-refractivity contribution in [3.63, 3.8) is 0 Å². The molecule has 0 aliphatic carbocycles. The smallest absolute Gasteiger partial charge is 0.238 e. The van der Waals surface area contributed by atoms with Gasteiger partial charge in [0.1, 0.15) is 0 Å². The summed E-state index contributed by atoms with van der Waals surface area (Å²) in [6, 6.07) is 0. The monoisotopic (exact) mass is 208 g/mol. The van der Waals surface area contributed by atoms with Crippen LogP contribution in [0.15, 0.2) is 0 Å². The van der Waals surface area contributed by atoms with Crippen LogP contribution in [0.1, 0.15) is 19.8 Å². The maximum absolute atomic E-state index is 12.5. The van der Waals surface area contributed by atoms with Crippen molar-refractivity contribution in [1.29, 1.82) is 0 Å². The van der Waals surface area contributed by atoms with E-state index in [9.17, 15) is 26.3 Å². The van der Waals surface area contributed by atoms with Crippen molar-refractivity contribution in [3.8, 4) is 0 Å². The fourth-order valence-electron chi connectivity index (χ4n) is 0.832. The molecule has 2 atom stereocenters. The third-order valence-corrected chi connectivity index (χ3v) is 1.51. The number of hydrogen-bond acceptors (Lipinski definition) is 0. The Balaban J connectivity index is 4.29. The van der Waals surface area contributed by atoms with Gasteiger partial charge in [-0.3, -0.25) is 0 Å². The Bertz CT molecular complexity index is 146. The minimum Gasteiger partial charge on any atom is -0.238 e. The topological polar surface area (TPSA) is 0 Å². The van der Waals surface area contributed by atoms with E-state index in [0.29, 0.717) is 0 Å². The molecule has 0 nitrogen and oxygen atoms in total. The van der Waals surface area contributed by atoms with E-state index in [-0.39, 0.29) is 6.42 Å². The third-order valence-electron chi connectivity index (χ3n) is 1.51. The highest BCUT2D eigenvalue weighted by atomic mass is 19.3. The van der Waals surface area contributed by atoms with Gasteiger partial charge in [-0.15, -0.1) is 0 Å². The van der Waals surface area contributed by atoms with Crippen molar-refractivity contribution in [3.05, 3.63) is 0 Å². The zero-order valence-corrected chi connectivity index (χ0v) is 6.91. The van der Waals surface area contributed by atoms with E-state index in [1.165, 1.54) is 6.92 Å². The molecule has 1 unspecified atom stereocenters. The predicted molar refractivity (Wildman–Crippen MR) is 35.7 cm³/mol. The van der Waals surface area contributed by atoms with Crippen molar-refractivity contribution in [1.82, 2.24) is 0 Å². The van der Waals surface area contributed by atoms with Crippen molar-refractivity contribution >= 4 is 0 Å². The summed E-state index contributed by atoms with van der Waals surface area (Å²) >= 11 is 0. The molecule has 6 heteroatoms. The Labute approximate surface area is 71.9 Å². The number of alkyl halides is 6. The second-order valence-corrected chi connectivity index (χ2v) is 2.69. The van der Waals surface area contributed by atoms with E-state index >= 15 is 0 Å². The normalized spacial score (nSPS) is 17.5. The van der Waals surface area contributed by atoms with Crippen molar-refractivity contribution in [2.75, 3.05) is 0 Å². The van der Waals surface area contributed by atoms with E-state index in [4.69, 9.17) is 0 Å². The molecular weight excluding hydrogens is 198 g/mol. The zero-order chi connectivity index (χ0) is 10.6. The molecule has 0 saturated carbocycles. The molecule has 13 heavy (non-hydrogen) atoms. The van der Waals surface area contributed by atoms with Crippen LogP contribution in [0.4, 0.5) is 26.3 Å². The molecule has 0 bridgehead atoms. The van der Waals surface area contributed by atoms with Gasteiger partial charge in [-0.05, 0) is 0 Å². The van der Waals surface area contributed by atoms with Gasteiger partial charge in [0.25, 0.3) is 12.3 Å². The molecule has 0 N–H and O–H groups in total. The summed E-state index contributed by atoms with van der Waals surface area (Å²) in [5.41, 5.74) is 0. The highest BCUT2D eigenvalue weighted by molar-refractivity contribution is 4.84. The van der Waals surface area contributed by atoms with Crippen LogP contribution < -0.4 is 0 Å². The van der Waals surface area contributed by atoms with Crippen LogP contribution in [0.3, 0.4) is 0 Å². The van der Waals surface area contributed by atoms with Crippen LogP contribution >= 0.6 is 0 Å². The molecule has 0 amide bonds. The summed E-state index contributed by atoms with van der Waals surface area (Å²) in [6.07, 6.45) is -11.6. The summed E-state index contributed by atoms with van der Waals surface area (Å²) in [7, 11) is 0. The van der Waals surface area contributed by atoms with Gasteiger partial charge in [-0.1, -0.05) is 13.3 Å². The van der Waals surface area contributed by atoms with Crippen LogP contribution in [-0.2, 0) is 0 Å². The molecule has 0 saturated heterocycles. The standard InChI is InChI=1S/C7H10F6/c1-2-3-7(12,13)5(9)4(8)6(10)11/h4-6H,2-3H2,1H3/t4?,5-/m0/s1. The Morgan fingerprint density at radius 1 is 1.08 bits per heavy atom. The lowest BCUT2D eigenvalue weighted by atomic mass is 10.1. The molecule has 0 heterocycles. The molecule has 80 valence electrons. The highest BCUT2D eigenvalue weighted by Crippen LogP contribution is 2.32. The Morgan fingerprint density at radius 3 is 1.85 bits per heavy atom. The summed E-state index contributed by atoms with van der Waals surface area (Å²) in [5.74, 6) is -4.01. The molecule has 0 aliphatic rings. The van der Waals surface area contributed by atoms with Gasteiger partial charge in [0.2, 0.25) is 0 Å². The fourth-order valence-corrected chi connectivity index (χ4v) is 0.832. The summed E-state index contributed by atoms with van der Waals surface area (Å²) < 4.78 is 72.5. The first kappa shape index (κ1) is 12.6. The Hall–Kier alpha value is -0.420. The molecule has 0 aromatic rings. The summed E-state index contributed by atoms with van der Waals surface area (Å²) in [5, 5.41) is 0. The quantitative estimate of drug-likeness (QED) is 0.607. The van der Waals surface area contributed by atoms with Crippen LogP contribution in [-0.4, -0.2) is 24.7 Å². The van der Waals surface area contributed by atoms with Crippen molar-refractivity contribution in [2.24, 2.45) is 0 Å². The van der Waals surface area contributed by atoms with Gasteiger partial charge in [-0.25, -0.2) is 26.3 Å². The van der Waals surface area contributed by atoms with Crippen molar-refractivity contribution < 1.29 is 26.3 Å². The third kappa shape index (κ3) is 3.44. The van der Waals surface area contributed by atoms with E-state index in [2.05, 4.69) is 0 Å². The lowest BCUT2D eigenvalue weighted by Crippen LogP contribution is -2.40. The largest absolute Gasteiger partial charge is 0.281 e.